The van der Waals surface area contributed by atoms with E-state index in [-0.39, 0.29) is 0 Å². The van der Waals surface area contributed by atoms with Crippen molar-refractivity contribution >= 4 is 0 Å². The highest BCUT2D eigenvalue weighted by Gasteiger charge is 2.48. The van der Waals surface area contributed by atoms with E-state index in [1.54, 1.807) is 6.42 Å². The summed E-state index contributed by atoms with van der Waals surface area (Å²) < 4.78 is 5.48. The topological polar surface area (TPSA) is 35.2 Å². The Morgan fingerprint density at radius 1 is 1.06 bits per heavy atom. The van der Waals surface area contributed by atoms with Crippen molar-refractivity contribution in [2.75, 3.05) is 13.7 Å². The van der Waals surface area contributed by atoms with Crippen LogP contribution in [0, 0.1) is 29.6 Å². The van der Waals surface area contributed by atoms with Gasteiger partial charge >= 0.3 is 0 Å². The van der Waals surface area contributed by atoms with Crippen LogP contribution in [-0.2, 0) is 4.74 Å². The molecule has 92 valence electrons. The van der Waals surface area contributed by atoms with Crippen molar-refractivity contribution in [3.63, 3.8) is 0 Å². The lowest BCUT2D eigenvalue weighted by atomic mass is 9.51. The van der Waals surface area contributed by atoms with Crippen molar-refractivity contribution in [1.29, 1.82) is 0 Å². The Morgan fingerprint density at radius 3 is 2.06 bits per heavy atom. The molecule has 0 amide bonds. The Kier molecular flexibility index (Phi) is 2.97. The number of hydrogen-bond acceptors (Lipinski definition) is 2. The second kappa shape index (κ2) is 4.30. The molecule has 2 heteroatoms. The second-order valence-corrected chi connectivity index (χ2v) is 6.42. The predicted octanol–water partition coefficient (Wildman–Crippen LogP) is 2.42. The molecular weight excluding hydrogens is 198 g/mol. The molecule has 4 rings (SSSR count). The zero-order valence-electron chi connectivity index (χ0n) is 10.4. The fourth-order valence-electron chi connectivity index (χ4n) is 5.02. The number of ether oxygens (including phenoxy) is 1. The standard InChI is InChI=1S/C14H25NO/c1-16-13(8-15)7-14-11-3-9-2-10(5-11)6-12(14)4-9/h9-14H,2-8,15H2,1H3. The molecule has 1 atom stereocenters. The van der Waals surface area contributed by atoms with E-state index in [4.69, 9.17) is 10.5 Å². The maximum absolute atomic E-state index is 5.76. The fraction of sp³-hybridized carbons (Fsp3) is 1.00. The summed E-state index contributed by atoms with van der Waals surface area (Å²) in [6.07, 6.45) is 9.13. The van der Waals surface area contributed by atoms with E-state index in [0.717, 1.165) is 29.6 Å². The third-order valence-corrected chi connectivity index (χ3v) is 5.55. The van der Waals surface area contributed by atoms with Gasteiger partial charge in [0.05, 0.1) is 6.10 Å². The molecule has 4 saturated carbocycles. The van der Waals surface area contributed by atoms with Crippen LogP contribution in [0.1, 0.15) is 38.5 Å². The molecule has 4 fully saturated rings. The maximum atomic E-state index is 5.76. The first-order valence-electron chi connectivity index (χ1n) is 7.03. The molecule has 4 aliphatic rings. The van der Waals surface area contributed by atoms with E-state index in [9.17, 15) is 0 Å². The van der Waals surface area contributed by atoms with Gasteiger partial charge in [-0.05, 0) is 68.1 Å². The van der Waals surface area contributed by atoms with E-state index in [2.05, 4.69) is 0 Å². The van der Waals surface area contributed by atoms with Gasteiger partial charge in [0, 0.05) is 13.7 Å². The summed E-state index contributed by atoms with van der Waals surface area (Å²) in [5, 5.41) is 0. The van der Waals surface area contributed by atoms with Gasteiger partial charge in [0.1, 0.15) is 0 Å². The molecule has 4 bridgehead atoms. The van der Waals surface area contributed by atoms with E-state index >= 15 is 0 Å². The summed E-state index contributed by atoms with van der Waals surface area (Å²) >= 11 is 0. The smallest absolute Gasteiger partial charge is 0.0696 e. The molecule has 0 saturated heterocycles. The van der Waals surface area contributed by atoms with Gasteiger partial charge in [-0.15, -0.1) is 0 Å². The molecule has 0 aromatic heterocycles. The second-order valence-electron chi connectivity index (χ2n) is 6.42. The number of hydrogen-bond donors (Lipinski definition) is 1. The maximum Gasteiger partial charge on any atom is 0.0696 e. The van der Waals surface area contributed by atoms with Crippen LogP contribution in [0.4, 0.5) is 0 Å². The molecule has 2 N–H and O–H groups in total. The highest BCUT2D eigenvalue weighted by molar-refractivity contribution is 4.98. The molecule has 0 aromatic carbocycles. The van der Waals surface area contributed by atoms with Crippen molar-refractivity contribution in [1.82, 2.24) is 0 Å². The van der Waals surface area contributed by atoms with Crippen molar-refractivity contribution in [2.24, 2.45) is 35.3 Å². The Labute approximate surface area is 98.9 Å². The van der Waals surface area contributed by atoms with Crippen LogP contribution < -0.4 is 5.73 Å². The summed E-state index contributed by atoms with van der Waals surface area (Å²) in [4.78, 5) is 0. The van der Waals surface area contributed by atoms with E-state index in [1.807, 2.05) is 7.11 Å². The molecule has 0 spiro atoms. The van der Waals surface area contributed by atoms with Crippen molar-refractivity contribution in [3.05, 3.63) is 0 Å². The number of methoxy groups -OCH3 is 1. The highest BCUT2D eigenvalue weighted by atomic mass is 16.5. The Balaban J connectivity index is 1.67. The molecule has 0 aromatic rings. The Hall–Kier alpha value is -0.0800. The molecular formula is C14H25NO. The van der Waals surface area contributed by atoms with Crippen LogP contribution in [0.5, 0.6) is 0 Å². The minimum absolute atomic E-state index is 0.308. The minimum Gasteiger partial charge on any atom is -0.380 e. The third kappa shape index (κ3) is 1.80. The lowest BCUT2D eigenvalue weighted by Crippen LogP contribution is -2.46. The van der Waals surface area contributed by atoms with Crippen LogP contribution in [0.15, 0.2) is 0 Å². The molecule has 1 unspecified atom stereocenters. The SMILES string of the molecule is COC(CN)CC1C2CC3CC(C2)CC1C3. The van der Waals surface area contributed by atoms with E-state index in [1.165, 1.54) is 32.1 Å². The average molecular weight is 223 g/mol. The fourth-order valence-corrected chi connectivity index (χ4v) is 5.02. The van der Waals surface area contributed by atoms with E-state index < -0.39 is 0 Å². The lowest BCUT2D eigenvalue weighted by Gasteiger charge is -2.55. The zero-order chi connectivity index (χ0) is 11.1. The van der Waals surface area contributed by atoms with Gasteiger partial charge in [-0.3, -0.25) is 0 Å². The summed E-state index contributed by atoms with van der Waals surface area (Å²) in [5.41, 5.74) is 5.76. The van der Waals surface area contributed by atoms with Gasteiger partial charge in [-0.2, -0.15) is 0 Å². The summed E-state index contributed by atoms with van der Waals surface area (Å²) in [6.45, 7) is 0.694. The first-order valence-corrected chi connectivity index (χ1v) is 7.03. The van der Waals surface area contributed by atoms with Crippen molar-refractivity contribution < 1.29 is 4.74 Å². The van der Waals surface area contributed by atoms with E-state index in [0.29, 0.717) is 12.6 Å². The third-order valence-electron chi connectivity index (χ3n) is 5.55. The molecule has 16 heavy (non-hydrogen) atoms. The summed E-state index contributed by atoms with van der Waals surface area (Å²) in [6, 6.07) is 0. The molecule has 0 heterocycles. The van der Waals surface area contributed by atoms with Gasteiger partial charge in [0.25, 0.3) is 0 Å². The lowest BCUT2D eigenvalue weighted by molar-refractivity contribution is -0.0583. The molecule has 2 nitrogen and oxygen atoms in total. The Bertz CT molecular complexity index is 221. The van der Waals surface area contributed by atoms with Crippen LogP contribution in [0.3, 0.4) is 0 Å². The van der Waals surface area contributed by atoms with Crippen LogP contribution in [0.2, 0.25) is 0 Å². The quantitative estimate of drug-likeness (QED) is 0.794. The largest absolute Gasteiger partial charge is 0.380 e. The monoisotopic (exact) mass is 223 g/mol. The number of rotatable bonds is 4. The van der Waals surface area contributed by atoms with Gasteiger partial charge < -0.3 is 10.5 Å². The highest BCUT2D eigenvalue weighted by Crippen LogP contribution is 2.57. The first kappa shape index (κ1) is 11.0. The van der Waals surface area contributed by atoms with Crippen molar-refractivity contribution in [2.45, 2.75) is 44.6 Å². The van der Waals surface area contributed by atoms with Crippen LogP contribution in [-0.4, -0.2) is 19.8 Å². The van der Waals surface area contributed by atoms with Gasteiger partial charge in [0.2, 0.25) is 0 Å². The average Bonchev–Trinajstić information content (AvgIpc) is 2.28. The normalized spacial score (nSPS) is 47.2. The van der Waals surface area contributed by atoms with Crippen LogP contribution >= 0.6 is 0 Å². The predicted molar refractivity (Wildman–Crippen MR) is 65.0 cm³/mol. The zero-order valence-corrected chi connectivity index (χ0v) is 10.4. The number of nitrogens with two attached hydrogens (primary N) is 1. The van der Waals surface area contributed by atoms with Crippen LogP contribution in [0.25, 0.3) is 0 Å². The molecule has 4 aliphatic carbocycles. The van der Waals surface area contributed by atoms with Gasteiger partial charge in [-0.25, -0.2) is 0 Å². The summed E-state index contributed by atoms with van der Waals surface area (Å²) in [5.74, 6) is 5.12. The van der Waals surface area contributed by atoms with Crippen molar-refractivity contribution in [3.8, 4) is 0 Å². The van der Waals surface area contributed by atoms with Gasteiger partial charge in [-0.1, -0.05) is 0 Å². The summed E-state index contributed by atoms with van der Waals surface area (Å²) in [7, 11) is 1.81. The molecule has 0 radical (unpaired) electrons. The molecule has 0 aliphatic heterocycles. The van der Waals surface area contributed by atoms with Gasteiger partial charge in [0.15, 0.2) is 0 Å². The Morgan fingerprint density at radius 2 is 1.62 bits per heavy atom. The minimum atomic E-state index is 0.308. The first-order chi connectivity index (χ1) is 7.80.